The van der Waals surface area contributed by atoms with E-state index in [2.05, 4.69) is 122 Å². The Morgan fingerprint density at radius 2 is 0.818 bits per heavy atom. The lowest BCUT2D eigenvalue weighted by atomic mass is 10.0. The molecule has 0 saturated heterocycles. The van der Waals surface area contributed by atoms with Crippen molar-refractivity contribution in [2.24, 2.45) is 11.8 Å². The van der Waals surface area contributed by atoms with Crippen LogP contribution in [0.4, 0.5) is 0 Å². The molecule has 0 bridgehead atoms. The van der Waals surface area contributed by atoms with Gasteiger partial charge in [-0.15, -0.1) is 0 Å². The number of para-hydroxylation sites is 2. The molecule has 0 unspecified atom stereocenters. The van der Waals surface area contributed by atoms with Gasteiger partial charge >= 0.3 is 0 Å². The van der Waals surface area contributed by atoms with E-state index >= 15 is 0 Å². The molecule has 0 spiro atoms. The minimum atomic E-state index is 0.495. The number of ether oxygens (including phenoxy) is 2. The molecule has 0 aliphatic rings. The SMILES string of the molecule is CC(C)Cc1cccnc1-n1c2ccccc2c2ccc(Oc3cccc(-c4cnc(-c5cccc(Oc6ccc7c8ccccc8n(-c8ncccc8CC(C)C)c7c6)c5)cn4)c3)cc21. The van der Waals surface area contributed by atoms with Gasteiger partial charge in [0.15, 0.2) is 0 Å². The highest BCUT2D eigenvalue weighted by Gasteiger charge is 2.19. The second kappa shape index (κ2) is 17.1. The third-order valence-corrected chi connectivity index (χ3v) is 12.1. The predicted molar refractivity (Wildman–Crippen MR) is 267 cm³/mol. The fourth-order valence-electron chi connectivity index (χ4n) is 9.28. The third kappa shape index (κ3) is 7.70. The Morgan fingerprint density at radius 3 is 1.26 bits per heavy atom. The quantitative estimate of drug-likeness (QED) is 0.122. The van der Waals surface area contributed by atoms with Gasteiger partial charge in [-0.2, -0.15) is 0 Å². The number of rotatable bonds is 12. The van der Waals surface area contributed by atoms with Crippen LogP contribution >= 0.6 is 0 Å². The topological polar surface area (TPSA) is 79.9 Å². The summed E-state index contributed by atoms with van der Waals surface area (Å²) in [5.74, 6) is 5.78. The Morgan fingerprint density at radius 1 is 0.394 bits per heavy atom. The first-order valence-electron chi connectivity index (χ1n) is 22.7. The van der Waals surface area contributed by atoms with E-state index in [0.717, 1.165) is 91.3 Å². The van der Waals surface area contributed by atoms with E-state index < -0.39 is 0 Å². The van der Waals surface area contributed by atoms with E-state index in [1.165, 1.54) is 21.9 Å². The first-order chi connectivity index (χ1) is 32.3. The lowest BCUT2D eigenvalue weighted by Gasteiger charge is -2.14. The molecule has 0 radical (unpaired) electrons. The van der Waals surface area contributed by atoms with Crippen LogP contribution in [0.25, 0.3) is 77.8 Å². The molecule has 0 atom stereocenters. The Kier molecular flexibility index (Phi) is 10.5. The maximum Gasteiger partial charge on any atom is 0.140 e. The second-order valence-corrected chi connectivity index (χ2v) is 17.8. The van der Waals surface area contributed by atoms with Gasteiger partial charge < -0.3 is 9.47 Å². The van der Waals surface area contributed by atoms with Gasteiger partial charge in [0, 0.05) is 57.2 Å². The molecule has 0 fully saturated rings. The second-order valence-electron chi connectivity index (χ2n) is 17.8. The Labute approximate surface area is 383 Å². The van der Waals surface area contributed by atoms with Crippen molar-refractivity contribution in [3.8, 4) is 57.1 Å². The number of aromatic nitrogens is 6. The number of fused-ring (bicyclic) bond motifs is 6. The Bertz CT molecular complexity index is 3330. The van der Waals surface area contributed by atoms with Crippen molar-refractivity contribution >= 4 is 43.6 Å². The zero-order valence-corrected chi connectivity index (χ0v) is 37.4. The zero-order valence-electron chi connectivity index (χ0n) is 37.4. The van der Waals surface area contributed by atoms with Gasteiger partial charge in [-0.05, 0) is 109 Å². The summed E-state index contributed by atoms with van der Waals surface area (Å²) < 4.78 is 17.7. The molecule has 0 saturated carbocycles. The summed E-state index contributed by atoms with van der Waals surface area (Å²) in [7, 11) is 0. The van der Waals surface area contributed by atoms with Crippen molar-refractivity contribution in [2.45, 2.75) is 40.5 Å². The highest BCUT2D eigenvalue weighted by atomic mass is 16.5. The average Bonchev–Trinajstić information content (AvgIpc) is 3.84. The van der Waals surface area contributed by atoms with E-state index in [0.29, 0.717) is 23.3 Å². The fraction of sp³-hybridized carbons (Fsp3) is 0.138. The van der Waals surface area contributed by atoms with Gasteiger partial charge in [0.05, 0.1) is 45.8 Å². The standard InChI is InChI=1S/C58H48N6O2/c1-37(2)29-41-15-11-27-59-57(41)63-53-21-7-5-19-47(53)49-25-23-45(33-55(49)63)65-43-17-9-13-39(31-43)51-35-62-52(36-61-51)40-14-10-18-44(32-40)66-46-24-26-50-48-20-6-8-22-54(48)64(56(50)34-46)58-42(30-38(3)4)16-12-28-60-58/h5-28,31-38H,29-30H2,1-4H3. The van der Waals surface area contributed by atoms with Gasteiger partial charge in [0.25, 0.3) is 0 Å². The van der Waals surface area contributed by atoms with E-state index in [1.54, 1.807) is 0 Å². The molecule has 0 aliphatic carbocycles. The van der Waals surface area contributed by atoms with Gasteiger partial charge in [-0.25, -0.2) is 9.97 Å². The minimum Gasteiger partial charge on any atom is -0.457 e. The molecule has 0 aliphatic heterocycles. The summed E-state index contributed by atoms with van der Waals surface area (Å²) in [6.45, 7) is 8.97. The van der Waals surface area contributed by atoms with Crippen LogP contribution in [0.1, 0.15) is 38.8 Å². The summed E-state index contributed by atoms with van der Waals surface area (Å²) >= 11 is 0. The molecule has 0 amide bonds. The molecule has 5 heterocycles. The van der Waals surface area contributed by atoms with Gasteiger partial charge in [-0.3, -0.25) is 19.1 Å². The highest BCUT2D eigenvalue weighted by molar-refractivity contribution is 6.10. The number of benzene rings is 6. The van der Waals surface area contributed by atoms with Crippen molar-refractivity contribution in [1.82, 2.24) is 29.1 Å². The first-order valence-corrected chi connectivity index (χ1v) is 22.7. The Balaban J connectivity index is 0.852. The molecule has 11 rings (SSSR count). The molecular formula is C58H48N6O2. The number of pyridine rings is 2. The summed E-state index contributed by atoms with van der Waals surface area (Å²) in [5, 5.41) is 4.66. The molecule has 6 aromatic carbocycles. The molecule has 5 aromatic heterocycles. The van der Waals surface area contributed by atoms with Crippen LogP contribution in [0, 0.1) is 11.8 Å². The molecule has 322 valence electrons. The molecule has 66 heavy (non-hydrogen) atoms. The van der Waals surface area contributed by atoms with Gasteiger partial charge in [0.1, 0.15) is 34.6 Å². The van der Waals surface area contributed by atoms with Crippen molar-refractivity contribution < 1.29 is 9.47 Å². The third-order valence-electron chi connectivity index (χ3n) is 12.1. The van der Waals surface area contributed by atoms with E-state index in [4.69, 9.17) is 29.4 Å². The first kappa shape index (κ1) is 40.7. The molecule has 8 nitrogen and oxygen atoms in total. The Hall–Kier alpha value is -8.10. The van der Waals surface area contributed by atoms with Crippen LogP contribution in [0.2, 0.25) is 0 Å². The molecular weight excluding hydrogens is 813 g/mol. The fourth-order valence-corrected chi connectivity index (χ4v) is 9.28. The van der Waals surface area contributed by atoms with Crippen LogP contribution < -0.4 is 9.47 Å². The van der Waals surface area contributed by atoms with Gasteiger partial charge in [0.2, 0.25) is 0 Å². The zero-order chi connectivity index (χ0) is 44.7. The van der Waals surface area contributed by atoms with Crippen LogP contribution in [0.3, 0.4) is 0 Å². The largest absolute Gasteiger partial charge is 0.457 e. The number of nitrogens with zero attached hydrogens (tertiary/aromatic N) is 6. The minimum absolute atomic E-state index is 0.495. The van der Waals surface area contributed by atoms with Crippen LogP contribution in [-0.2, 0) is 12.8 Å². The van der Waals surface area contributed by atoms with Crippen molar-refractivity contribution in [1.29, 1.82) is 0 Å². The van der Waals surface area contributed by atoms with Crippen molar-refractivity contribution in [3.05, 3.63) is 194 Å². The summed E-state index contributed by atoms with van der Waals surface area (Å²) in [6, 6.07) is 54.0. The van der Waals surface area contributed by atoms with E-state index in [9.17, 15) is 0 Å². The van der Waals surface area contributed by atoms with Crippen LogP contribution in [0.5, 0.6) is 23.0 Å². The highest BCUT2D eigenvalue weighted by Crippen LogP contribution is 2.39. The monoisotopic (exact) mass is 860 g/mol. The van der Waals surface area contributed by atoms with Crippen LogP contribution in [-0.4, -0.2) is 29.1 Å². The maximum atomic E-state index is 6.57. The summed E-state index contributed by atoms with van der Waals surface area (Å²) in [6.07, 6.45) is 9.25. The maximum absolute atomic E-state index is 6.57. The van der Waals surface area contributed by atoms with Crippen LogP contribution in [0.15, 0.2) is 183 Å². The van der Waals surface area contributed by atoms with E-state index in [1.807, 2.05) is 97.6 Å². The molecule has 11 aromatic rings. The van der Waals surface area contributed by atoms with Crippen molar-refractivity contribution in [3.63, 3.8) is 0 Å². The van der Waals surface area contributed by atoms with Gasteiger partial charge in [-0.1, -0.05) is 100 Å². The predicted octanol–water partition coefficient (Wildman–Crippen LogP) is 14.8. The lowest BCUT2D eigenvalue weighted by molar-refractivity contribution is 0.483. The van der Waals surface area contributed by atoms with Crippen molar-refractivity contribution in [2.75, 3.05) is 0 Å². The number of hydrogen-bond acceptors (Lipinski definition) is 6. The average molecular weight is 861 g/mol. The summed E-state index contributed by atoms with van der Waals surface area (Å²) in [4.78, 5) is 19.6. The smallest absolute Gasteiger partial charge is 0.140 e. The lowest BCUT2D eigenvalue weighted by Crippen LogP contribution is -2.05. The van der Waals surface area contributed by atoms with E-state index in [-0.39, 0.29) is 0 Å². The summed E-state index contributed by atoms with van der Waals surface area (Å²) in [5.41, 5.74) is 10.1. The normalized spacial score (nSPS) is 11.7. The molecule has 0 N–H and O–H groups in total. The number of hydrogen-bond donors (Lipinski definition) is 0. The molecule has 8 heteroatoms.